The fraction of sp³-hybridized carbons (Fsp3) is 0.400. The van der Waals surface area contributed by atoms with Crippen LogP contribution in [-0.4, -0.2) is 25.8 Å². The summed E-state index contributed by atoms with van der Waals surface area (Å²) in [5, 5.41) is 0. The predicted molar refractivity (Wildman–Crippen MR) is 69.3 cm³/mol. The SMILES string of the molecule is C=C1COCC(C)(c2ccccc2)CCOC1=O. The van der Waals surface area contributed by atoms with Gasteiger partial charge in [-0.25, -0.2) is 4.79 Å². The zero-order chi connectivity index (χ0) is 13.0. The first-order chi connectivity index (χ1) is 8.62. The molecule has 1 aliphatic rings. The number of ether oxygens (including phenoxy) is 2. The van der Waals surface area contributed by atoms with E-state index >= 15 is 0 Å². The summed E-state index contributed by atoms with van der Waals surface area (Å²) in [4.78, 5) is 11.5. The molecule has 0 radical (unpaired) electrons. The number of rotatable bonds is 1. The van der Waals surface area contributed by atoms with E-state index in [4.69, 9.17) is 9.47 Å². The van der Waals surface area contributed by atoms with E-state index in [-0.39, 0.29) is 18.0 Å². The van der Waals surface area contributed by atoms with Gasteiger partial charge in [-0.1, -0.05) is 43.8 Å². The molecule has 1 aromatic rings. The number of carbonyl (C=O) groups is 1. The molecular weight excluding hydrogens is 228 g/mol. The van der Waals surface area contributed by atoms with E-state index in [2.05, 4.69) is 25.6 Å². The Morgan fingerprint density at radius 3 is 2.72 bits per heavy atom. The maximum Gasteiger partial charge on any atom is 0.335 e. The van der Waals surface area contributed by atoms with Crippen molar-refractivity contribution in [1.29, 1.82) is 0 Å². The summed E-state index contributed by atoms with van der Waals surface area (Å²) in [6.45, 7) is 6.98. The van der Waals surface area contributed by atoms with E-state index in [1.54, 1.807) is 0 Å². The number of cyclic esters (lactones) is 1. The highest BCUT2D eigenvalue weighted by atomic mass is 16.5. The third-order valence-corrected chi connectivity index (χ3v) is 3.34. The standard InChI is InChI=1S/C15H18O3/c1-12-10-17-11-15(2,8-9-18-14(12)16)13-6-4-3-5-7-13/h3-7H,1,8-11H2,2H3. The van der Waals surface area contributed by atoms with E-state index in [0.717, 1.165) is 6.42 Å². The molecule has 0 amide bonds. The van der Waals surface area contributed by atoms with Crippen LogP contribution in [-0.2, 0) is 19.7 Å². The fourth-order valence-corrected chi connectivity index (χ4v) is 2.07. The molecule has 1 heterocycles. The zero-order valence-corrected chi connectivity index (χ0v) is 10.6. The molecule has 1 atom stereocenters. The van der Waals surface area contributed by atoms with E-state index in [1.165, 1.54) is 5.56 Å². The fourth-order valence-electron chi connectivity index (χ4n) is 2.07. The van der Waals surface area contributed by atoms with Crippen molar-refractivity contribution >= 4 is 5.97 Å². The van der Waals surface area contributed by atoms with Gasteiger partial charge in [-0.15, -0.1) is 0 Å². The van der Waals surface area contributed by atoms with Crippen LogP contribution in [0, 0.1) is 0 Å². The minimum Gasteiger partial charge on any atom is -0.462 e. The molecule has 0 saturated carbocycles. The molecule has 2 rings (SSSR count). The van der Waals surface area contributed by atoms with Crippen molar-refractivity contribution < 1.29 is 14.3 Å². The topological polar surface area (TPSA) is 35.5 Å². The number of esters is 1. The Bertz CT molecular complexity index is 416. The second-order valence-electron chi connectivity index (χ2n) is 4.91. The van der Waals surface area contributed by atoms with Gasteiger partial charge in [0.25, 0.3) is 0 Å². The molecular formula is C15H18O3. The second kappa shape index (κ2) is 5.36. The molecule has 1 aliphatic heterocycles. The third-order valence-electron chi connectivity index (χ3n) is 3.34. The molecule has 1 unspecified atom stereocenters. The van der Waals surface area contributed by atoms with Crippen LogP contribution >= 0.6 is 0 Å². The van der Waals surface area contributed by atoms with Gasteiger partial charge in [0.2, 0.25) is 0 Å². The monoisotopic (exact) mass is 246 g/mol. The van der Waals surface area contributed by atoms with Gasteiger partial charge in [-0.3, -0.25) is 0 Å². The highest BCUT2D eigenvalue weighted by Crippen LogP contribution is 2.29. The summed E-state index contributed by atoms with van der Waals surface area (Å²) >= 11 is 0. The van der Waals surface area contributed by atoms with Gasteiger partial charge in [0.15, 0.2) is 0 Å². The van der Waals surface area contributed by atoms with Crippen molar-refractivity contribution in [1.82, 2.24) is 0 Å². The molecule has 1 aromatic carbocycles. The Morgan fingerprint density at radius 2 is 2.00 bits per heavy atom. The lowest BCUT2D eigenvalue weighted by molar-refractivity contribution is -0.139. The lowest BCUT2D eigenvalue weighted by atomic mass is 9.80. The van der Waals surface area contributed by atoms with Crippen molar-refractivity contribution in [3.05, 3.63) is 48.0 Å². The second-order valence-corrected chi connectivity index (χ2v) is 4.91. The Hall–Kier alpha value is -1.61. The average molecular weight is 246 g/mol. The number of hydrogen-bond donors (Lipinski definition) is 0. The van der Waals surface area contributed by atoms with E-state index in [1.807, 2.05) is 18.2 Å². The molecule has 96 valence electrons. The summed E-state index contributed by atoms with van der Waals surface area (Å²) in [7, 11) is 0. The molecule has 18 heavy (non-hydrogen) atoms. The number of benzene rings is 1. The van der Waals surface area contributed by atoms with Crippen LogP contribution in [0.1, 0.15) is 18.9 Å². The maximum atomic E-state index is 11.5. The van der Waals surface area contributed by atoms with Crippen LogP contribution < -0.4 is 0 Å². The van der Waals surface area contributed by atoms with Crippen molar-refractivity contribution in [3.63, 3.8) is 0 Å². The van der Waals surface area contributed by atoms with Crippen LogP contribution in [0.2, 0.25) is 0 Å². The molecule has 3 heteroatoms. The van der Waals surface area contributed by atoms with Crippen LogP contribution in [0.3, 0.4) is 0 Å². The van der Waals surface area contributed by atoms with E-state index < -0.39 is 0 Å². The minimum atomic E-state index is -0.354. The molecule has 3 nitrogen and oxygen atoms in total. The first-order valence-corrected chi connectivity index (χ1v) is 6.10. The third kappa shape index (κ3) is 2.79. The molecule has 0 spiro atoms. The lowest BCUT2D eigenvalue weighted by Gasteiger charge is -2.29. The summed E-state index contributed by atoms with van der Waals surface area (Å²) in [5.41, 5.74) is 1.45. The smallest absolute Gasteiger partial charge is 0.335 e. The quantitative estimate of drug-likeness (QED) is 0.564. The van der Waals surface area contributed by atoms with Gasteiger partial charge >= 0.3 is 5.97 Å². The Morgan fingerprint density at radius 1 is 1.28 bits per heavy atom. The summed E-state index contributed by atoms with van der Waals surface area (Å²) in [5.74, 6) is -0.354. The molecule has 0 aromatic heterocycles. The Balaban J connectivity index is 2.17. The lowest BCUT2D eigenvalue weighted by Crippen LogP contribution is -2.29. The number of hydrogen-bond acceptors (Lipinski definition) is 3. The maximum absolute atomic E-state index is 11.5. The van der Waals surface area contributed by atoms with Crippen LogP contribution in [0.25, 0.3) is 0 Å². The summed E-state index contributed by atoms with van der Waals surface area (Å²) in [6, 6.07) is 10.2. The molecule has 0 bridgehead atoms. The first-order valence-electron chi connectivity index (χ1n) is 6.10. The van der Waals surface area contributed by atoms with Gasteiger partial charge in [0.05, 0.1) is 25.4 Å². The number of carbonyl (C=O) groups excluding carboxylic acids is 1. The largest absolute Gasteiger partial charge is 0.462 e. The van der Waals surface area contributed by atoms with Gasteiger partial charge in [0, 0.05) is 5.41 Å². The normalized spacial score (nSPS) is 25.8. The average Bonchev–Trinajstić information content (AvgIpc) is 2.44. The first kappa shape index (κ1) is 12.8. The van der Waals surface area contributed by atoms with E-state index in [0.29, 0.717) is 18.8 Å². The molecule has 0 N–H and O–H groups in total. The van der Waals surface area contributed by atoms with Crippen molar-refractivity contribution in [2.75, 3.05) is 19.8 Å². The summed E-state index contributed by atoms with van der Waals surface area (Å²) in [6.07, 6.45) is 0.746. The zero-order valence-electron chi connectivity index (χ0n) is 10.6. The Labute approximate surface area is 107 Å². The Kier molecular flexibility index (Phi) is 3.82. The minimum absolute atomic E-state index is 0.133. The summed E-state index contributed by atoms with van der Waals surface area (Å²) < 4.78 is 10.8. The molecule has 1 saturated heterocycles. The molecule has 1 fully saturated rings. The van der Waals surface area contributed by atoms with Crippen molar-refractivity contribution in [2.45, 2.75) is 18.8 Å². The van der Waals surface area contributed by atoms with E-state index in [9.17, 15) is 4.79 Å². The molecule has 0 aliphatic carbocycles. The van der Waals surface area contributed by atoms with Gasteiger partial charge in [-0.05, 0) is 12.0 Å². The predicted octanol–water partition coefficient (Wildman–Crippen LogP) is 2.46. The van der Waals surface area contributed by atoms with Crippen LogP contribution in [0.15, 0.2) is 42.5 Å². The van der Waals surface area contributed by atoms with Gasteiger partial charge in [-0.2, -0.15) is 0 Å². The van der Waals surface area contributed by atoms with Crippen LogP contribution in [0.4, 0.5) is 0 Å². The highest BCUT2D eigenvalue weighted by molar-refractivity contribution is 5.87. The van der Waals surface area contributed by atoms with Crippen molar-refractivity contribution in [3.8, 4) is 0 Å². The van der Waals surface area contributed by atoms with Gasteiger partial charge < -0.3 is 9.47 Å². The van der Waals surface area contributed by atoms with Crippen molar-refractivity contribution in [2.24, 2.45) is 0 Å². The van der Waals surface area contributed by atoms with Crippen LogP contribution in [0.5, 0.6) is 0 Å². The van der Waals surface area contributed by atoms with Gasteiger partial charge in [0.1, 0.15) is 0 Å². The highest BCUT2D eigenvalue weighted by Gasteiger charge is 2.29.